The molecule has 8 nitrogen and oxygen atoms in total. The summed E-state index contributed by atoms with van der Waals surface area (Å²) in [4.78, 5) is 34.3. The van der Waals surface area contributed by atoms with Gasteiger partial charge in [-0.2, -0.15) is 0 Å². The fourth-order valence-corrected chi connectivity index (χ4v) is 6.00. The number of fused-ring (bicyclic) bond motifs is 1. The lowest BCUT2D eigenvalue weighted by Gasteiger charge is -2.22. The van der Waals surface area contributed by atoms with Crippen molar-refractivity contribution in [2.45, 2.75) is 52.1 Å². The number of nitrogens with zero attached hydrogens (tertiary/aromatic N) is 2. The van der Waals surface area contributed by atoms with Crippen molar-refractivity contribution in [3.05, 3.63) is 75.9 Å². The summed E-state index contributed by atoms with van der Waals surface area (Å²) in [5.41, 5.74) is 4.29. The van der Waals surface area contributed by atoms with Gasteiger partial charge >= 0.3 is 6.09 Å². The average molecular weight is 535 g/mol. The lowest BCUT2D eigenvalue weighted by atomic mass is 9.87. The monoisotopic (exact) mass is 534 g/mol. The first-order valence-corrected chi connectivity index (χ1v) is 13.7. The van der Waals surface area contributed by atoms with Crippen LogP contribution in [-0.2, 0) is 41.9 Å². The van der Waals surface area contributed by atoms with Gasteiger partial charge in [-0.05, 0) is 80.1 Å². The van der Waals surface area contributed by atoms with Crippen molar-refractivity contribution in [2.75, 3.05) is 18.5 Å². The van der Waals surface area contributed by atoms with Crippen LogP contribution in [0.3, 0.4) is 0 Å². The molecule has 0 bridgehead atoms. The highest BCUT2D eigenvalue weighted by Crippen LogP contribution is 2.40. The van der Waals surface area contributed by atoms with Gasteiger partial charge in [0, 0.05) is 35.8 Å². The first-order valence-electron chi connectivity index (χ1n) is 12.9. The number of rotatable bonds is 12. The van der Waals surface area contributed by atoms with Crippen LogP contribution >= 0.6 is 11.3 Å². The zero-order chi connectivity index (χ0) is 26.7. The van der Waals surface area contributed by atoms with E-state index in [1.807, 2.05) is 43.3 Å². The van der Waals surface area contributed by atoms with Crippen LogP contribution < -0.4 is 15.4 Å². The van der Waals surface area contributed by atoms with Crippen molar-refractivity contribution in [1.82, 2.24) is 10.3 Å². The molecule has 4 rings (SSSR count). The number of alkyl carbamates (subject to hydrolysis) is 1. The third-order valence-electron chi connectivity index (χ3n) is 6.53. The van der Waals surface area contributed by atoms with Gasteiger partial charge in [0.1, 0.15) is 10.8 Å². The number of ether oxygens (including phenoxy) is 2. The van der Waals surface area contributed by atoms with E-state index in [4.69, 9.17) is 9.47 Å². The number of hydrogen-bond acceptors (Lipinski definition) is 7. The van der Waals surface area contributed by atoms with Crippen LogP contribution in [0.1, 0.15) is 46.9 Å². The van der Waals surface area contributed by atoms with Crippen LogP contribution in [-0.4, -0.2) is 36.9 Å². The maximum absolute atomic E-state index is 12.9. The molecule has 1 atom stereocenters. The number of aliphatic imine (C=N–C) groups is 1. The molecule has 1 aliphatic carbocycles. The minimum Gasteiger partial charge on any atom is -0.494 e. The standard InChI is InChI=1S/C29H34N4O4S/c1-3-36-25-7-5-4-6-22(25)9-11-27(34)33-28-24(18-30-2)23-10-8-21(16-26(23)38-28)19-37-29(35)32-17-20-12-14-31-15-13-20/h4-7,12-15,21H,2-3,8-11,16-19H2,1H3,(H,32,35)(H,33,34). The van der Waals surface area contributed by atoms with E-state index in [1.165, 1.54) is 10.4 Å². The quantitative estimate of drug-likeness (QED) is 0.305. The van der Waals surface area contributed by atoms with Crippen LogP contribution in [0.15, 0.2) is 53.8 Å². The molecule has 0 radical (unpaired) electrons. The van der Waals surface area contributed by atoms with Crippen molar-refractivity contribution in [3.63, 3.8) is 0 Å². The third-order valence-corrected chi connectivity index (χ3v) is 7.74. The molecule has 38 heavy (non-hydrogen) atoms. The number of hydrogen-bond donors (Lipinski definition) is 2. The van der Waals surface area contributed by atoms with Crippen molar-refractivity contribution >= 4 is 35.1 Å². The normalized spacial score (nSPS) is 14.3. The van der Waals surface area contributed by atoms with Crippen LogP contribution in [0.5, 0.6) is 5.75 Å². The zero-order valence-corrected chi connectivity index (χ0v) is 22.5. The third kappa shape index (κ3) is 7.41. The second-order valence-corrected chi connectivity index (χ2v) is 10.3. The Morgan fingerprint density at radius 2 is 2.03 bits per heavy atom. The van der Waals surface area contributed by atoms with E-state index in [9.17, 15) is 9.59 Å². The minimum atomic E-state index is -0.422. The first-order chi connectivity index (χ1) is 18.6. The Balaban J connectivity index is 1.31. The van der Waals surface area contributed by atoms with E-state index in [2.05, 4.69) is 27.3 Å². The Morgan fingerprint density at radius 1 is 1.21 bits per heavy atom. The van der Waals surface area contributed by atoms with Gasteiger partial charge in [0.25, 0.3) is 0 Å². The Bertz CT molecular complexity index is 1240. The molecule has 0 spiro atoms. The molecule has 1 unspecified atom stereocenters. The smallest absolute Gasteiger partial charge is 0.407 e. The molecule has 1 aromatic carbocycles. The molecule has 0 aliphatic heterocycles. The number of anilines is 1. The molecule has 2 heterocycles. The molecule has 9 heteroatoms. The summed E-state index contributed by atoms with van der Waals surface area (Å²) in [5, 5.41) is 6.75. The highest BCUT2D eigenvalue weighted by atomic mass is 32.1. The Hall–Kier alpha value is -3.72. The van der Waals surface area contributed by atoms with Crippen LogP contribution in [0.25, 0.3) is 0 Å². The lowest BCUT2D eigenvalue weighted by Crippen LogP contribution is -2.27. The van der Waals surface area contributed by atoms with Gasteiger partial charge in [-0.15, -0.1) is 11.3 Å². The molecule has 0 saturated carbocycles. The topological polar surface area (TPSA) is 102 Å². The van der Waals surface area contributed by atoms with Crippen molar-refractivity contribution in [3.8, 4) is 5.75 Å². The number of thiophene rings is 1. The van der Waals surface area contributed by atoms with E-state index in [0.717, 1.165) is 46.7 Å². The van der Waals surface area contributed by atoms with Gasteiger partial charge in [-0.3, -0.25) is 14.8 Å². The molecule has 0 saturated heterocycles. The summed E-state index contributed by atoms with van der Waals surface area (Å²) >= 11 is 1.60. The van der Waals surface area contributed by atoms with Crippen molar-refractivity contribution < 1.29 is 19.1 Å². The highest BCUT2D eigenvalue weighted by molar-refractivity contribution is 7.16. The Kier molecular flexibility index (Phi) is 9.86. The number of nitrogens with one attached hydrogen (secondary N) is 2. The minimum absolute atomic E-state index is 0.0361. The fraction of sp³-hybridized carbons (Fsp3) is 0.379. The average Bonchev–Trinajstić information content (AvgIpc) is 3.27. The predicted octanol–water partition coefficient (Wildman–Crippen LogP) is 5.35. The van der Waals surface area contributed by atoms with Gasteiger partial charge in [0.05, 0.1) is 19.8 Å². The van der Waals surface area contributed by atoms with E-state index >= 15 is 0 Å². The number of aryl methyl sites for hydroxylation is 1. The van der Waals surface area contributed by atoms with Gasteiger partial charge in [0.2, 0.25) is 5.91 Å². The van der Waals surface area contributed by atoms with Gasteiger partial charge in [-0.25, -0.2) is 4.79 Å². The van der Waals surface area contributed by atoms with E-state index in [1.54, 1.807) is 23.7 Å². The van der Waals surface area contributed by atoms with Crippen molar-refractivity contribution in [2.24, 2.45) is 10.9 Å². The second kappa shape index (κ2) is 13.7. The van der Waals surface area contributed by atoms with Crippen LogP contribution in [0.4, 0.5) is 9.80 Å². The van der Waals surface area contributed by atoms with Crippen molar-refractivity contribution in [1.29, 1.82) is 0 Å². The largest absolute Gasteiger partial charge is 0.494 e. The lowest BCUT2D eigenvalue weighted by molar-refractivity contribution is -0.116. The molecule has 2 N–H and O–H groups in total. The second-order valence-electron chi connectivity index (χ2n) is 9.20. The van der Waals surface area contributed by atoms with E-state index < -0.39 is 6.09 Å². The van der Waals surface area contributed by atoms with E-state index in [-0.39, 0.29) is 11.8 Å². The SMILES string of the molecule is C=NCc1c(NC(=O)CCc2ccccc2OCC)sc2c1CCC(COC(=O)NCc1ccncc1)C2. The zero-order valence-electron chi connectivity index (χ0n) is 21.7. The summed E-state index contributed by atoms with van der Waals surface area (Å²) in [6, 6.07) is 11.5. The van der Waals surface area contributed by atoms with Gasteiger partial charge in [0.15, 0.2) is 0 Å². The molecule has 3 aromatic rings. The Labute approximate surface area is 227 Å². The molecular formula is C29H34N4O4S. The number of pyridine rings is 1. The maximum Gasteiger partial charge on any atom is 0.407 e. The summed E-state index contributed by atoms with van der Waals surface area (Å²) in [5.74, 6) is 1.02. The summed E-state index contributed by atoms with van der Waals surface area (Å²) in [7, 11) is 0. The molecule has 200 valence electrons. The van der Waals surface area contributed by atoms with Crippen LogP contribution in [0, 0.1) is 5.92 Å². The number of benzene rings is 1. The Morgan fingerprint density at radius 3 is 2.82 bits per heavy atom. The van der Waals surface area contributed by atoms with E-state index in [0.29, 0.717) is 39.1 Å². The fourth-order valence-electron chi connectivity index (χ4n) is 4.61. The highest BCUT2D eigenvalue weighted by Gasteiger charge is 2.27. The predicted molar refractivity (Wildman–Crippen MR) is 150 cm³/mol. The van der Waals surface area contributed by atoms with Gasteiger partial charge < -0.3 is 20.1 Å². The number of carbonyl (C=O) groups is 2. The number of aromatic nitrogens is 1. The number of amides is 2. The number of carbonyl (C=O) groups excluding carboxylic acids is 2. The molecule has 2 amide bonds. The molecular weight excluding hydrogens is 500 g/mol. The van der Waals surface area contributed by atoms with Gasteiger partial charge in [-0.1, -0.05) is 18.2 Å². The summed E-state index contributed by atoms with van der Waals surface area (Å²) < 4.78 is 11.2. The molecule has 2 aromatic heterocycles. The number of para-hydroxylation sites is 1. The first kappa shape index (κ1) is 27.3. The summed E-state index contributed by atoms with van der Waals surface area (Å²) in [6.45, 7) is 7.43. The molecule has 0 fully saturated rings. The maximum atomic E-state index is 12.9. The molecule has 1 aliphatic rings. The van der Waals surface area contributed by atoms with Crippen LogP contribution in [0.2, 0.25) is 0 Å². The summed E-state index contributed by atoms with van der Waals surface area (Å²) in [6.07, 6.45) is 6.50.